The van der Waals surface area contributed by atoms with Crippen LogP contribution in [0.5, 0.6) is 0 Å². The Balaban J connectivity index is 2.66. The molecule has 1 aromatic heterocycles. The van der Waals surface area contributed by atoms with Crippen LogP contribution in [0.15, 0.2) is 0 Å². The molecule has 1 heterocycles. The van der Waals surface area contributed by atoms with E-state index in [9.17, 15) is 9.59 Å². The van der Waals surface area contributed by atoms with E-state index >= 15 is 0 Å². The van der Waals surface area contributed by atoms with Crippen LogP contribution in [0.25, 0.3) is 0 Å². The number of carbonyl (C=O) groups excluding carboxylic acids is 2. The van der Waals surface area contributed by atoms with Gasteiger partial charge in [-0.15, -0.1) is 11.3 Å². The molecular weight excluding hydrogens is 292 g/mol. The van der Waals surface area contributed by atoms with Gasteiger partial charge < -0.3 is 9.47 Å². The van der Waals surface area contributed by atoms with E-state index < -0.39 is 11.7 Å². The molecule has 1 aromatic rings. The summed E-state index contributed by atoms with van der Waals surface area (Å²) in [6, 6.07) is 0. The second-order valence-corrected chi connectivity index (χ2v) is 7.07. The zero-order chi connectivity index (χ0) is 16.2. The number of anilines is 1. The smallest absolute Gasteiger partial charge is 0.413 e. The van der Waals surface area contributed by atoms with Gasteiger partial charge in [-0.1, -0.05) is 0 Å². The van der Waals surface area contributed by atoms with Gasteiger partial charge in [-0.2, -0.15) is 0 Å². The zero-order valence-corrected chi connectivity index (χ0v) is 14.1. The number of thiazole rings is 1. The van der Waals surface area contributed by atoms with E-state index in [1.165, 1.54) is 11.3 Å². The van der Waals surface area contributed by atoms with Crippen LogP contribution < -0.4 is 5.32 Å². The highest BCUT2D eigenvalue weighted by atomic mass is 32.1. The van der Waals surface area contributed by atoms with Crippen LogP contribution >= 0.6 is 11.3 Å². The summed E-state index contributed by atoms with van der Waals surface area (Å²) in [7, 11) is 0. The number of nitrogens with zero attached hydrogens (tertiary/aromatic N) is 1. The molecular formula is C14H22N2O4S. The van der Waals surface area contributed by atoms with Crippen LogP contribution in [0.3, 0.4) is 0 Å². The number of hydrogen-bond donors (Lipinski definition) is 1. The Morgan fingerprint density at radius 3 is 2.48 bits per heavy atom. The molecule has 1 N–H and O–H groups in total. The number of amides is 1. The van der Waals surface area contributed by atoms with Gasteiger partial charge in [0.15, 0.2) is 5.13 Å². The summed E-state index contributed by atoms with van der Waals surface area (Å²) >= 11 is 1.30. The standard InChI is InChI=1S/C14H22N2O4S/c1-8(2)19-11(17)7-10-9(3)21-12(15-10)16-13(18)20-14(4,5)6/h8H,7H2,1-6H3,(H,15,16,18). The first kappa shape index (κ1) is 17.4. The second-order valence-electron chi connectivity index (χ2n) is 5.86. The molecule has 118 valence electrons. The maximum absolute atomic E-state index is 11.7. The normalized spacial score (nSPS) is 11.4. The Kier molecular flexibility index (Phi) is 5.71. The molecule has 0 fully saturated rings. The van der Waals surface area contributed by atoms with Crippen LogP contribution in [-0.2, 0) is 20.7 Å². The third-order valence-corrected chi connectivity index (χ3v) is 3.11. The maximum atomic E-state index is 11.7. The van der Waals surface area contributed by atoms with Crippen LogP contribution in [0.4, 0.5) is 9.93 Å². The summed E-state index contributed by atoms with van der Waals surface area (Å²) in [4.78, 5) is 28.4. The fourth-order valence-electron chi connectivity index (χ4n) is 1.48. The highest BCUT2D eigenvalue weighted by molar-refractivity contribution is 7.15. The molecule has 0 aliphatic heterocycles. The average molecular weight is 314 g/mol. The Hall–Kier alpha value is -1.63. The lowest BCUT2D eigenvalue weighted by atomic mass is 10.2. The lowest BCUT2D eigenvalue weighted by molar-refractivity contribution is -0.146. The number of hydrogen-bond acceptors (Lipinski definition) is 6. The van der Waals surface area contributed by atoms with Gasteiger partial charge in [-0.05, 0) is 41.5 Å². The third-order valence-electron chi connectivity index (χ3n) is 2.18. The lowest BCUT2D eigenvalue weighted by Gasteiger charge is -2.18. The molecule has 0 radical (unpaired) electrons. The third kappa shape index (κ3) is 6.57. The van der Waals surface area contributed by atoms with Gasteiger partial charge in [0.1, 0.15) is 5.60 Å². The van der Waals surface area contributed by atoms with Crippen molar-refractivity contribution in [2.75, 3.05) is 5.32 Å². The summed E-state index contributed by atoms with van der Waals surface area (Å²) in [6.45, 7) is 10.8. The molecule has 0 unspecified atom stereocenters. The van der Waals surface area contributed by atoms with E-state index in [0.29, 0.717) is 10.8 Å². The quantitative estimate of drug-likeness (QED) is 0.863. The van der Waals surface area contributed by atoms with Crippen LogP contribution in [0.2, 0.25) is 0 Å². The van der Waals surface area contributed by atoms with E-state index in [1.807, 2.05) is 6.92 Å². The van der Waals surface area contributed by atoms with Crippen molar-refractivity contribution in [2.45, 2.75) is 59.7 Å². The molecule has 21 heavy (non-hydrogen) atoms. The molecule has 0 aliphatic carbocycles. The summed E-state index contributed by atoms with van der Waals surface area (Å²) in [5.41, 5.74) is 0.0389. The molecule has 0 atom stereocenters. The summed E-state index contributed by atoms with van der Waals surface area (Å²) < 4.78 is 10.2. The van der Waals surface area contributed by atoms with Gasteiger partial charge in [0, 0.05) is 4.88 Å². The van der Waals surface area contributed by atoms with Crippen molar-refractivity contribution in [1.82, 2.24) is 4.98 Å². The number of aromatic nitrogens is 1. The highest BCUT2D eigenvalue weighted by Gasteiger charge is 2.19. The largest absolute Gasteiger partial charge is 0.463 e. The van der Waals surface area contributed by atoms with Gasteiger partial charge in [0.2, 0.25) is 0 Å². The van der Waals surface area contributed by atoms with Gasteiger partial charge >= 0.3 is 12.1 Å². The molecule has 0 spiro atoms. The van der Waals surface area contributed by atoms with Crippen molar-refractivity contribution in [3.05, 3.63) is 10.6 Å². The Bertz CT molecular complexity index is 518. The fraction of sp³-hybridized carbons (Fsp3) is 0.643. The SMILES string of the molecule is Cc1sc(NC(=O)OC(C)(C)C)nc1CC(=O)OC(C)C. The number of carbonyl (C=O) groups is 2. The summed E-state index contributed by atoms with van der Waals surface area (Å²) in [5, 5.41) is 2.98. The van der Waals surface area contributed by atoms with Gasteiger partial charge in [-0.25, -0.2) is 9.78 Å². The van der Waals surface area contributed by atoms with Gasteiger partial charge in [0.25, 0.3) is 0 Å². The maximum Gasteiger partial charge on any atom is 0.413 e. The molecule has 1 rings (SSSR count). The number of esters is 1. The monoisotopic (exact) mass is 314 g/mol. The van der Waals surface area contributed by atoms with Crippen molar-refractivity contribution >= 4 is 28.5 Å². The van der Waals surface area contributed by atoms with Crippen LogP contribution in [-0.4, -0.2) is 28.8 Å². The van der Waals surface area contributed by atoms with E-state index in [-0.39, 0.29) is 18.5 Å². The van der Waals surface area contributed by atoms with E-state index in [2.05, 4.69) is 10.3 Å². The van der Waals surface area contributed by atoms with Crippen molar-refractivity contribution < 1.29 is 19.1 Å². The molecule has 0 aromatic carbocycles. The summed E-state index contributed by atoms with van der Waals surface area (Å²) in [5.74, 6) is -0.331. The Morgan fingerprint density at radius 2 is 1.95 bits per heavy atom. The number of nitrogens with one attached hydrogen (secondary N) is 1. The minimum atomic E-state index is -0.569. The van der Waals surface area contributed by atoms with Crippen LogP contribution in [0, 0.1) is 6.92 Å². The number of ether oxygens (including phenoxy) is 2. The van der Waals surface area contributed by atoms with Crippen molar-refractivity contribution in [3.8, 4) is 0 Å². The minimum absolute atomic E-state index is 0.0938. The molecule has 1 amide bonds. The second kappa shape index (κ2) is 6.89. The topological polar surface area (TPSA) is 77.5 Å². The lowest BCUT2D eigenvalue weighted by Crippen LogP contribution is -2.27. The van der Waals surface area contributed by atoms with Gasteiger partial charge in [-0.3, -0.25) is 10.1 Å². The number of rotatable bonds is 4. The van der Waals surface area contributed by atoms with Crippen molar-refractivity contribution in [1.29, 1.82) is 0 Å². The number of aryl methyl sites for hydroxylation is 1. The van der Waals surface area contributed by atoms with E-state index in [0.717, 1.165) is 4.88 Å². The zero-order valence-electron chi connectivity index (χ0n) is 13.3. The van der Waals surface area contributed by atoms with Crippen LogP contribution in [0.1, 0.15) is 45.2 Å². The predicted molar refractivity (Wildman–Crippen MR) is 81.6 cm³/mol. The minimum Gasteiger partial charge on any atom is -0.463 e. The predicted octanol–water partition coefficient (Wildman–Crippen LogP) is 3.29. The molecule has 0 saturated carbocycles. The first-order valence-electron chi connectivity index (χ1n) is 6.72. The van der Waals surface area contributed by atoms with E-state index in [4.69, 9.17) is 9.47 Å². The van der Waals surface area contributed by atoms with Crippen molar-refractivity contribution in [3.63, 3.8) is 0 Å². The molecule has 6 nitrogen and oxygen atoms in total. The molecule has 0 aliphatic rings. The molecule has 0 saturated heterocycles. The Morgan fingerprint density at radius 1 is 1.33 bits per heavy atom. The molecule has 0 bridgehead atoms. The first-order chi connectivity index (χ1) is 9.56. The fourth-order valence-corrected chi connectivity index (χ4v) is 2.29. The van der Waals surface area contributed by atoms with E-state index in [1.54, 1.807) is 34.6 Å². The average Bonchev–Trinajstić information content (AvgIpc) is 2.54. The molecule has 7 heteroatoms. The summed E-state index contributed by atoms with van der Waals surface area (Å²) in [6.07, 6.45) is -0.625. The first-order valence-corrected chi connectivity index (χ1v) is 7.54. The van der Waals surface area contributed by atoms with Gasteiger partial charge in [0.05, 0.1) is 18.2 Å². The highest BCUT2D eigenvalue weighted by Crippen LogP contribution is 2.23. The van der Waals surface area contributed by atoms with Crippen molar-refractivity contribution in [2.24, 2.45) is 0 Å². The Labute approximate surface area is 128 Å².